The molecule has 2 N–H and O–H groups in total. The molecule has 1 rings (SSSR count). The van der Waals surface area contributed by atoms with Crippen LogP contribution < -0.4 is 5.73 Å². The van der Waals surface area contributed by atoms with Crippen molar-refractivity contribution in [1.29, 1.82) is 0 Å². The van der Waals surface area contributed by atoms with E-state index in [1.165, 1.54) is 0 Å². The molecule has 0 aromatic carbocycles. The summed E-state index contributed by atoms with van der Waals surface area (Å²) < 4.78 is 0. The highest BCUT2D eigenvalue weighted by Crippen LogP contribution is 2.09. The molecule has 1 amide bonds. The lowest BCUT2D eigenvalue weighted by molar-refractivity contribution is -0.134. The first-order chi connectivity index (χ1) is 6.29. The second-order valence-electron chi connectivity index (χ2n) is 3.39. The molecule has 0 saturated heterocycles. The quantitative estimate of drug-likeness (QED) is 0.655. The van der Waals surface area contributed by atoms with Gasteiger partial charge in [0.2, 0.25) is 5.91 Å². The maximum Gasteiger partial charge on any atom is 0.227 e. The first kappa shape index (κ1) is 10.3. The molecule has 1 heterocycles. The maximum atomic E-state index is 11.8. The fourth-order valence-corrected chi connectivity index (χ4v) is 1.54. The van der Waals surface area contributed by atoms with Crippen LogP contribution in [0.2, 0.25) is 0 Å². The van der Waals surface area contributed by atoms with E-state index in [0.29, 0.717) is 6.54 Å². The summed E-state index contributed by atoms with van der Waals surface area (Å²) in [5.41, 5.74) is 5.53. The van der Waals surface area contributed by atoms with Crippen LogP contribution in [-0.4, -0.2) is 30.4 Å². The van der Waals surface area contributed by atoms with Gasteiger partial charge < -0.3 is 10.6 Å². The summed E-state index contributed by atoms with van der Waals surface area (Å²) in [5.74, 6) is 0.237. The Morgan fingerprint density at radius 2 is 2.38 bits per heavy atom. The number of nitrogens with zero attached hydrogens (tertiary/aromatic N) is 1. The molecule has 0 aromatic rings. The Labute approximate surface area is 79.6 Å². The van der Waals surface area contributed by atoms with E-state index in [4.69, 9.17) is 5.73 Å². The van der Waals surface area contributed by atoms with Crippen LogP contribution in [0.1, 0.15) is 19.8 Å². The molecule has 0 spiro atoms. The van der Waals surface area contributed by atoms with Gasteiger partial charge in [-0.25, -0.2) is 0 Å². The number of carbonyl (C=O) groups is 1. The minimum absolute atomic E-state index is 0.0199. The number of hydrogen-bond donors (Lipinski definition) is 1. The van der Waals surface area contributed by atoms with E-state index in [-0.39, 0.29) is 11.8 Å². The topological polar surface area (TPSA) is 46.3 Å². The Morgan fingerprint density at radius 1 is 1.62 bits per heavy atom. The summed E-state index contributed by atoms with van der Waals surface area (Å²) in [6, 6.07) is 0. The average Bonchev–Trinajstić information content (AvgIpc) is 2.21. The molecule has 1 atom stereocenters. The van der Waals surface area contributed by atoms with Crippen LogP contribution in [0.3, 0.4) is 0 Å². The van der Waals surface area contributed by atoms with E-state index >= 15 is 0 Å². The van der Waals surface area contributed by atoms with Crippen molar-refractivity contribution < 1.29 is 4.79 Å². The van der Waals surface area contributed by atoms with Crippen molar-refractivity contribution in [1.82, 2.24) is 4.90 Å². The van der Waals surface area contributed by atoms with Gasteiger partial charge in [0.15, 0.2) is 0 Å². The van der Waals surface area contributed by atoms with Crippen LogP contribution in [-0.2, 0) is 4.79 Å². The third-order valence-electron chi connectivity index (χ3n) is 2.50. The Balaban J connectivity index is 2.50. The fraction of sp³-hybridized carbons (Fsp3) is 0.700. The number of nitrogens with two attached hydrogens (primary N) is 1. The SMILES string of the molecule is CCC(CN)C(=O)N1CC=CCC1. The van der Waals surface area contributed by atoms with Crippen molar-refractivity contribution in [2.45, 2.75) is 19.8 Å². The van der Waals surface area contributed by atoms with E-state index < -0.39 is 0 Å². The molecule has 0 bridgehead atoms. The Bertz CT molecular complexity index is 197. The molecule has 13 heavy (non-hydrogen) atoms. The van der Waals surface area contributed by atoms with Gasteiger partial charge in [-0.3, -0.25) is 4.79 Å². The zero-order valence-electron chi connectivity index (χ0n) is 8.20. The van der Waals surface area contributed by atoms with Gasteiger partial charge in [0.05, 0.1) is 5.92 Å². The highest BCUT2D eigenvalue weighted by Gasteiger charge is 2.21. The lowest BCUT2D eigenvalue weighted by Crippen LogP contribution is -2.40. The van der Waals surface area contributed by atoms with E-state index in [2.05, 4.69) is 6.08 Å². The molecule has 1 aliphatic heterocycles. The van der Waals surface area contributed by atoms with Gasteiger partial charge in [-0.05, 0) is 12.8 Å². The van der Waals surface area contributed by atoms with Crippen LogP contribution in [0, 0.1) is 5.92 Å². The smallest absolute Gasteiger partial charge is 0.227 e. The standard InChI is InChI=1S/C10H18N2O/c1-2-9(8-11)10(13)12-6-4-3-5-7-12/h3-4,9H,2,5-8,11H2,1H3. The molecular formula is C10H18N2O. The van der Waals surface area contributed by atoms with Crippen molar-refractivity contribution in [3.63, 3.8) is 0 Å². The van der Waals surface area contributed by atoms with Gasteiger partial charge in [-0.2, -0.15) is 0 Å². The van der Waals surface area contributed by atoms with E-state index in [1.807, 2.05) is 17.9 Å². The van der Waals surface area contributed by atoms with Crippen molar-refractivity contribution in [2.75, 3.05) is 19.6 Å². The van der Waals surface area contributed by atoms with Crippen LogP contribution in [0.5, 0.6) is 0 Å². The minimum atomic E-state index is 0.0199. The van der Waals surface area contributed by atoms with Gasteiger partial charge in [0, 0.05) is 19.6 Å². The summed E-state index contributed by atoms with van der Waals surface area (Å²) in [6.07, 6.45) is 5.99. The fourth-order valence-electron chi connectivity index (χ4n) is 1.54. The summed E-state index contributed by atoms with van der Waals surface area (Å²) in [7, 11) is 0. The lowest BCUT2D eigenvalue weighted by Gasteiger charge is -2.26. The first-order valence-corrected chi connectivity index (χ1v) is 4.93. The lowest BCUT2D eigenvalue weighted by atomic mass is 10.0. The highest BCUT2D eigenvalue weighted by atomic mass is 16.2. The van der Waals surface area contributed by atoms with Crippen molar-refractivity contribution in [3.8, 4) is 0 Å². The average molecular weight is 182 g/mol. The predicted octanol–water partition coefficient (Wildman–Crippen LogP) is 0.760. The van der Waals surface area contributed by atoms with Crippen molar-refractivity contribution in [3.05, 3.63) is 12.2 Å². The number of hydrogen-bond acceptors (Lipinski definition) is 2. The van der Waals surface area contributed by atoms with Gasteiger partial charge in [-0.15, -0.1) is 0 Å². The second-order valence-corrected chi connectivity index (χ2v) is 3.39. The van der Waals surface area contributed by atoms with Crippen molar-refractivity contribution in [2.24, 2.45) is 11.7 Å². The highest BCUT2D eigenvalue weighted by molar-refractivity contribution is 5.79. The minimum Gasteiger partial charge on any atom is -0.338 e. The molecule has 1 unspecified atom stereocenters. The second kappa shape index (κ2) is 5.02. The first-order valence-electron chi connectivity index (χ1n) is 4.93. The molecule has 3 nitrogen and oxygen atoms in total. The molecule has 74 valence electrons. The summed E-state index contributed by atoms with van der Waals surface area (Å²) in [5, 5.41) is 0. The molecular weight excluding hydrogens is 164 g/mol. The Hall–Kier alpha value is -0.830. The van der Waals surface area contributed by atoms with Crippen molar-refractivity contribution >= 4 is 5.91 Å². The zero-order valence-corrected chi connectivity index (χ0v) is 8.20. The molecule has 0 aliphatic carbocycles. The zero-order chi connectivity index (χ0) is 9.68. The van der Waals surface area contributed by atoms with Crippen LogP contribution >= 0.6 is 0 Å². The van der Waals surface area contributed by atoms with Gasteiger partial charge in [-0.1, -0.05) is 19.1 Å². The number of amides is 1. The predicted molar refractivity (Wildman–Crippen MR) is 53.2 cm³/mol. The molecule has 0 radical (unpaired) electrons. The molecule has 0 saturated carbocycles. The van der Waals surface area contributed by atoms with Crippen LogP contribution in [0.25, 0.3) is 0 Å². The Morgan fingerprint density at radius 3 is 2.85 bits per heavy atom. The van der Waals surface area contributed by atoms with Gasteiger partial charge >= 0.3 is 0 Å². The number of carbonyl (C=O) groups excluding carboxylic acids is 1. The summed E-state index contributed by atoms with van der Waals surface area (Å²) in [6.45, 7) is 4.09. The van der Waals surface area contributed by atoms with Crippen LogP contribution in [0.4, 0.5) is 0 Å². The van der Waals surface area contributed by atoms with E-state index in [9.17, 15) is 4.79 Å². The molecule has 3 heteroatoms. The van der Waals surface area contributed by atoms with E-state index in [0.717, 1.165) is 25.9 Å². The summed E-state index contributed by atoms with van der Waals surface area (Å²) in [4.78, 5) is 13.7. The summed E-state index contributed by atoms with van der Waals surface area (Å²) >= 11 is 0. The third kappa shape index (κ3) is 2.56. The maximum absolute atomic E-state index is 11.8. The third-order valence-corrected chi connectivity index (χ3v) is 2.50. The van der Waals surface area contributed by atoms with Gasteiger partial charge in [0.1, 0.15) is 0 Å². The number of rotatable bonds is 3. The molecule has 0 aromatic heterocycles. The monoisotopic (exact) mass is 182 g/mol. The largest absolute Gasteiger partial charge is 0.338 e. The van der Waals surface area contributed by atoms with E-state index in [1.54, 1.807) is 0 Å². The normalized spacial score (nSPS) is 18.8. The van der Waals surface area contributed by atoms with Gasteiger partial charge in [0.25, 0.3) is 0 Å². The molecule has 0 fully saturated rings. The van der Waals surface area contributed by atoms with Crippen LogP contribution in [0.15, 0.2) is 12.2 Å². The molecule has 1 aliphatic rings. The Kier molecular flexibility index (Phi) is 3.96.